The van der Waals surface area contributed by atoms with Gasteiger partial charge in [-0.25, -0.2) is 0 Å². The molecule has 0 spiro atoms. The zero-order chi connectivity index (χ0) is 13.0. The number of hydrogen-bond donors (Lipinski definition) is 2. The van der Waals surface area contributed by atoms with Crippen LogP contribution in [0.15, 0.2) is 53.4 Å². The molecule has 2 rings (SSSR count). The maximum atomic E-state index is 9.53. The van der Waals surface area contributed by atoms with Crippen molar-refractivity contribution in [1.82, 2.24) is 0 Å². The van der Waals surface area contributed by atoms with Crippen LogP contribution in [0.2, 0.25) is 0 Å². The SMILES string of the molecule is CC(O)c1cccc(SCc2cccc(O)c2)c1. The van der Waals surface area contributed by atoms with Crippen molar-refractivity contribution in [3.05, 3.63) is 59.7 Å². The van der Waals surface area contributed by atoms with Crippen molar-refractivity contribution in [3.8, 4) is 5.75 Å². The Morgan fingerprint density at radius 1 is 1.11 bits per heavy atom. The molecule has 2 aromatic rings. The molecular formula is C15H16O2S. The van der Waals surface area contributed by atoms with Gasteiger partial charge < -0.3 is 10.2 Å². The van der Waals surface area contributed by atoms with Gasteiger partial charge in [-0.15, -0.1) is 11.8 Å². The molecule has 2 aromatic carbocycles. The highest BCUT2D eigenvalue weighted by Crippen LogP contribution is 2.26. The molecule has 0 aromatic heterocycles. The van der Waals surface area contributed by atoms with E-state index in [-0.39, 0.29) is 0 Å². The third-order valence-electron chi connectivity index (χ3n) is 2.66. The molecule has 2 N–H and O–H groups in total. The predicted molar refractivity (Wildman–Crippen MR) is 74.7 cm³/mol. The Labute approximate surface area is 111 Å². The fourth-order valence-electron chi connectivity index (χ4n) is 1.68. The Balaban J connectivity index is 2.04. The number of phenolic OH excluding ortho intramolecular Hbond substituents is 1. The molecule has 0 amide bonds. The second-order valence-corrected chi connectivity index (χ2v) is 5.26. The van der Waals surface area contributed by atoms with Crippen LogP contribution in [0.4, 0.5) is 0 Å². The number of aliphatic hydroxyl groups excluding tert-OH is 1. The first-order valence-electron chi connectivity index (χ1n) is 5.84. The van der Waals surface area contributed by atoms with E-state index in [9.17, 15) is 10.2 Å². The number of hydrogen-bond acceptors (Lipinski definition) is 3. The van der Waals surface area contributed by atoms with Gasteiger partial charge in [-0.3, -0.25) is 0 Å². The molecule has 0 saturated heterocycles. The van der Waals surface area contributed by atoms with E-state index in [1.165, 1.54) is 0 Å². The molecule has 94 valence electrons. The van der Waals surface area contributed by atoms with Gasteiger partial charge in [-0.1, -0.05) is 24.3 Å². The molecule has 18 heavy (non-hydrogen) atoms. The molecule has 0 heterocycles. The second-order valence-electron chi connectivity index (χ2n) is 4.21. The van der Waals surface area contributed by atoms with Gasteiger partial charge in [0.25, 0.3) is 0 Å². The highest BCUT2D eigenvalue weighted by atomic mass is 32.2. The van der Waals surface area contributed by atoms with Crippen LogP contribution in [0.25, 0.3) is 0 Å². The van der Waals surface area contributed by atoms with Crippen LogP contribution in [0.1, 0.15) is 24.2 Å². The van der Waals surface area contributed by atoms with E-state index in [2.05, 4.69) is 0 Å². The highest BCUT2D eigenvalue weighted by molar-refractivity contribution is 7.98. The topological polar surface area (TPSA) is 40.5 Å². The average Bonchev–Trinajstić information content (AvgIpc) is 2.37. The molecule has 1 unspecified atom stereocenters. The van der Waals surface area contributed by atoms with E-state index in [0.717, 1.165) is 21.8 Å². The Morgan fingerprint density at radius 2 is 1.89 bits per heavy atom. The van der Waals surface area contributed by atoms with Crippen molar-refractivity contribution in [2.45, 2.75) is 23.7 Å². The van der Waals surface area contributed by atoms with Crippen molar-refractivity contribution in [2.24, 2.45) is 0 Å². The van der Waals surface area contributed by atoms with Gasteiger partial charge in [0, 0.05) is 10.6 Å². The van der Waals surface area contributed by atoms with Crippen LogP contribution in [-0.2, 0) is 5.75 Å². The molecule has 0 aliphatic heterocycles. The van der Waals surface area contributed by atoms with Crippen LogP contribution in [0, 0.1) is 0 Å². The number of aliphatic hydroxyl groups is 1. The van der Waals surface area contributed by atoms with Crippen molar-refractivity contribution >= 4 is 11.8 Å². The summed E-state index contributed by atoms with van der Waals surface area (Å²) in [4.78, 5) is 1.12. The Hall–Kier alpha value is -1.45. The number of rotatable bonds is 4. The van der Waals surface area contributed by atoms with E-state index in [1.807, 2.05) is 36.4 Å². The largest absolute Gasteiger partial charge is 0.508 e. The zero-order valence-electron chi connectivity index (χ0n) is 10.2. The summed E-state index contributed by atoms with van der Waals surface area (Å²) in [6.45, 7) is 1.76. The maximum absolute atomic E-state index is 9.53. The molecule has 0 bridgehead atoms. The third kappa shape index (κ3) is 3.52. The van der Waals surface area contributed by atoms with Crippen LogP contribution >= 0.6 is 11.8 Å². The van der Waals surface area contributed by atoms with E-state index in [4.69, 9.17) is 0 Å². The third-order valence-corrected chi connectivity index (χ3v) is 3.72. The Bertz CT molecular complexity index is 523. The fraction of sp³-hybridized carbons (Fsp3) is 0.200. The standard InChI is InChI=1S/C15H16O2S/c1-11(16)13-5-3-7-15(9-13)18-10-12-4-2-6-14(17)8-12/h2-9,11,16-17H,10H2,1H3. The molecule has 1 atom stereocenters. The summed E-state index contributed by atoms with van der Waals surface area (Å²) < 4.78 is 0. The predicted octanol–water partition coefficient (Wildman–Crippen LogP) is 3.74. The second kappa shape index (κ2) is 5.94. The number of benzene rings is 2. The summed E-state index contributed by atoms with van der Waals surface area (Å²) in [6, 6.07) is 15.2. The summed E-state index contributed by atoms with van der Waals surface area (Å²) in [7, 11) is 0. The lowest BCUT2D eigenvalue weighted by Crippen LogP contribution is -1.90. The van der Waals surface area contributed by atoms with Crippen LogP contribution < -0.4 is 0 Å². The minimum Gasteiger partial charge on any atom is -0.508 e. The van der Waals surface area contributed by atoms with Crippen molar-refractivity contribution < 1.29 is 10.2 Å². The lowest BCUT2D eigenvalue weighted by Gasteiger charge is -2.07. The number of thioether (sulfide) groups is 1. The normalized spacial score (nSPS) is 12.3. The van der Waals surface area contributed by atoms with Gasteiger partial charge in [0.2, 0.25) is 0 Å². The smallest absolute Gasteiger partial charge is 0.115 e. The van der Waals surface area contributed by atoms with Gasteiger partial charge in [0.15, 0.2) is 0 Å². The first kappa shape index (κ1) is 13.0. The van der Waals surface area contributed by atoms with Crippen LogP contribution in [0.5, 0.6) is 5.75 Å². The first-order chi connectivity index (χ1) is 8.65. The zero-order valence-corrected chi connectivity index (χ0v) is 11.0. The number of aromatic hydroxyl groups is 1. The average molecular weight is 260 g/mol. The van der Waals surface area contributed by atoms with Gasteiger partial charge in [-0.05, 0) is 42.3 Å². The van der Waals surface area contributed by atoms with E-state index in [0.29, 0.717) is 5.75 Å². The lowest BCUT2D eigenvalue weighted by atomic mass is 10.1. The lowest BCUT2D eigenvalue weighted by molar-refractivity contribution is 0.199. The monoisotopic (exact) mass is 260 g/mol. The van der Waals surface area contributed by atoms with Crippen LogP contribution in [-0.4, -0.2) is 10.2 Å². The summed E-state index contributed by atoms with van der Waals surface area (Å²) in [5.74, 6) is 1.10. The van der Waals surface area contributed by atoms with Crippen molar-refractivity contribution in [2.75, 3.05) is 0 Å². The van der Waals surface area contributed by atoms with Crippen molar-refractivity contribution in [1.29, 1.82) is 0 Å². The van der Waals surface area contributed by atoms with E-state index in [1.54, 1.807) is 30.8 Å². The Morgan fingerprint density at radius 3 is 2.61 bits per heavy atom. The van der Waals surface area contributed by atoms with Crippen molar-refractivity contribution in [3.63, 3.8) is 0 Å². The highest BCUT2D eigenvalue weighted by Gasteiger charge is 2.02. The summed E-state index contributed by atoms with van der Waals surface area (Å²) in [6.07, 6.45) is -0.439. The van der Waals surface area contributed by atoms with Gasteiger partial charge in [0.05, 0.1) is 6.10 Å². The minimum absolute atomic E-state index is 0.297. The molecular weight excluding hydrogens is 244 g/mol. The first-order valence-corrected chi connectivity index (χ1v) is 6.82. The van der Waals surface area contributed by atoms with Gasteiger partial charge in [0.1, 0.15) is 5.75 Å². The summed E-state index contributed by atoms with van der Waals surface area (Å²) in [5, 5.41) is 18.9. The molecule has 0 saturated carbocycles. The van der Waals surface area contributed by atoms with Gasteiger partial charge >= 0.3 is 0 Å². The summed E-state index contributed by atoms with van der Waals surface area (Å²) >= 11 is 1.69. The fourth-order valence-corrected chi connectivity index (χ4v) is 2.58. The van der Waals surface area contributed by atoms with E-state index >= 15 is 0 Å². The molecule has 0 aliphatic rings. The quantitative estimate of drug-likeness (QED) is 0.823. The molecule has 0 fully saturated rings. The molecule has 0 radical (unpaired) electrons. The Kier molecular flexibility index (Phi) is 4.28. The van der Waals surface area contributed by atoms with Gasteiger partial charge in [-0.2, -0.15) is 0 Å². The molecule has 0 aliphatic carbocycles. The van der Waals surface area contributed by atoms with E-state index < -0.39 is 6.10 Å². The van der Waals surface area contributed by atoms with Crippen LogP contribution in [0.3, 0.4) is 0 Å². The molecule has 3 heteroatoms. The summed E-state index contributed by atoms with van der Waals surface area (Å²) in [5.41, 5.74) is 2.01. The molecule has 2 nitrogen and oxygen atoms in total. The maximum Gasteiger partial charge on any atom is 0.115 e. The number of phenols is 1. The minimum atomic E-state index is -0.439.